The van der Waals surface area contributed by atoms with E-state index in [-0.39, 0.29) is 6.42 Å². The van der Waals surface area contributed by atoms with E-state index in [1.165, 1.54) is 0 Å². The van der Waals surface area contributed by atoms with Crippen LogP contribution in [0.15, 0.2) is 18.2 Å². The number of hydrogen-bond acceptors (Lipinski definition) is 3. The Morgan fingerprint density at radius 2 is 1.82 bits per heavy atom. The first-order valence-electron chi connectivity index (χ1n) is 6.92. The number of carboxylic acid groups (broad SMARTS) is 1. The summed E-state index contributed by atoms with van der Waals surface area (Å²) < 4.78 is 5.16. The van der Waals surface area contributed by atoms with Crippen molar-refractivity contribution in [1.82, 2.24) is 0 Å². The van der Waals surface area contributed by atoms with Crippen LogP contribution in [0.25, 0.3) is 0 Å². The maximum atomic E-state index is 11.7. The topological polar surface area (TPSA) is 75.6 Å². The summed E-state index contributed by atoms with van der Waals surface area (Å²) in [5.41, 5.74) is 0.0559. The normalized spacial score (nSPS) is 11.9. The lowest BCUT2D eigenvalue weighted by molar-refractivity contribution is -0.138. The van der Waals surface area contributed by atoms with Crippen LogP contribution in [0.3, 0.4) is 0 Å². The van der Waals surface area contributed by atoms with Crippen molar-refractivity contribution in [2.45, 2.75) is 52.1 Å². The third kappa shape index (κ3) is 5.56. The molecule has 0 aliphatic rings. The van der Waals surface area contributed by atoms with E-state index in [0.717, 1.165) is 5.56 Å². The van der Waals surface area contributed by atoms with E-state index in [1.54, 1.807) is 39.0 Å². The second-order valence-electron chi connectivity index (χ2n) is 6.78. The van der Waals surface area contributed by atoms with Gasteiger partial charge in [0.25, 0.3) is 0 Å². The van der Waals surface area contributed by atoms with Gasteiger partial charge in [0, 0.05) is 5.41 Å². The number of benzene rings is 1. The zero-order chi connectivity index (χ0) is 17.1. The maximum Gasteiger partial charge on any atom is 0.412 e. The minimum absolute atomic E-state index is 0.0117. The van der Waals surface area contributed by atoms with Crippen LogP contribution in [0.2, 0.25) is 5.02 Å². The first-order valence-corrected chi connectivity index (χ1v) is 7.30. The fourth-order valence-electron chi connectivity index (χ4n) is 1.93. The van der Waals surface area contributed by atoms with Crippen LogP contribution in [0, 0.1) is 0 Å². The van der Waals surface area contributed by atoms with E-state index in [2.05, 4.69) is 5.32 Å². The van der Waals surface area contributed by atoms with E-state index in [0.29, 0.717) is 10.7 Å². The molecule has 0 bridgehead atoms. The van der Waals surface area contributed by atoms with Crippen LogP contribution >= 0.6 is 11.6 Å². The fourth-order valence-corrected chi connectivity index (χ4v) is 2.16. The van der Waals surface area contributed by atoms with Crippen molar-refractivity contribution < 1.29 is 19.4 Å². The molecule has 1 aromatic rings. The average Bonchev–Trinajstić information content (AvgIpc) is 2.27. The van der Waals surface area contributed by atoms with Gasteiger partial charge >= 0.3 is 12.1 Å². The Morgan fingerprint density at radius 3 is 2.27 bits per heavy atom. The molecule has 0 atom stereocenters. The summed E-state index contributed by atoms with van der Waals surface area (Å²) >= 11 is 6.17. The lowest BCUT2D eigenvalue weighted by Gasteiger charge is -2.24. The van der Waals surface area contributed by atoms with Crippen molar-refractivity contribution in [2.24, 2.45) is 0 Å². The minimum atomic E-state index is -0.878. The molecule has 0 saturated carbocycles. The van der Waals surface area contributed by atoms with Gasteiger partial charge in [-0.15, -0.1) is 0 Å². The summed E-state index contributed by atoms with van der Waals surface area (Å²) in [5, 5.41) is 11.9. The number of carbonyl (C=O) groups excluding carboxylic acids is 1. The number of amides is 1. The summed E-state index contributed by atoms with van der Waals surface area (Å²) in [4.78, 5) is 22.6. The lowest BCUT2D eigenvalue weighted by Crippen LogP contribution is -2.27. The number of anilines is 1. The highest BCUT2D eigenvalue weighted by Gasteiger charge is 2.25. The third-order valence-corrected chi connectivity index (χ3v) is 3.29. The summed E-state index contributed by atoms with van der Waals surface area (Å²) in [7, 11) is 0. The van der Waals surface area contributed by atoms with Crippen LogP contribution in [0.1, 0.15) is 46.6 Å². The number of hydrogen-bond donors (Lipinski definition) is 2. The van der Waals surface area contributed by atoms with Gasteiger partial charge < -0.3 is 9.84 Å². The molecular formula is C16H22ClNO4. The van der Waals surface area contributed by atoms with Crippen LogP contribution in [0.5, 0.6) is 0 Å². The molecule has 0 saturated heterocycles. The number of ether oxygens (including phenoxy) is 1. The average molecular weight is 328 g/mol. The van der Waals surface area contributed by atoms with Crippen molar-refractivity contribution >= 4 is 29.4 Å². The van der Waals surface area contributed by atoms with Gasteiger partial charge in [-0.2, -0.15) is 0 Å². The van der Waals surface area contributed by atoms with E-state index in [1.807, 2.05) is 13.8 Å². The van der Waals surface area contributed by atoms with Gasteiger partial charge in [0.2, 0.25) is 0 Å². The zero-order valence-corrected chi connectivity index (χ0v) is 14.2. The SMILES string of the molecule is CC(C)(C)OC(=O)Nc1ccc(C(C)(C)CC(=O)O)cc1Cl. The van der Waals surface area contributed by atoms with Crippen LogP contribution in [0.4, 0.5) is 10.5 Å². The van der Waals surface area contributed by atoms with Gasteiger partial charge in [0.1, 0.15) is 5.60 Å². The van der Waals surface area contributed by atoms with Gasteiger partial charge in [-0.3, -0.25) is 10.1 Å². The first kappa shape index (κ1) is 18.3. The molecule has 0 spiro atoms. The Kier molecular flexibility index (Phi) is 5.46. The van der Waals surface area contributed by atoms with Gasteiger partial charge in [-0.25, -0.2) is 4.79 Å². The molecule has 0 heterocycles. The molecular weight excluding hydrogens is 306 g/mol. The van der Waals surface area contributed by atoms with Crippen molar-refractivity contribution in [3.8, 4) is 0 Å². The van der Waals surface area contributed by atoms with E-state index in [4.69, 9.17) is 21.4 Å². The van der Waals surface area contributed by atoms with E-state index >= 15 is 0 Å². The molecule has 1 aromatic carbocycles. The highest BCUT2D eigenvalue weighted by atomic mass is 35.5. The molecule has 0 radical (unpaired) electrons. The molecule has 122 valence electrons. The highest BCUT2D eigenvalue weighted by molar-refractivity contribution is 6.33. The molecule has 0 fully saturated rings. The molecule has 0 aliphatic carbocycles. The second kappa shape index (κ2) is 6.57. The first-order chi connectivity index (χ1) is 9.90. The van der Waals surface area contributed by atoms with Crippen molar-refractivity contribution in [3.63, 3.8) is 0 Å². The van der Waals surface area contributed by atoms with Crippen molar-refractivity contribution in [1.29, 1.82) is 0 Å². The molecule has 1 rings (SSSR count). The van der Waals surface area contributed by atoms with Crippen LogP contribution in [-0.4, -0.2) is 22.8 Å². The van der Waals surface area contributed by atoms with E-state index < -0.39 is 23.1 Å². The predicted molar refractivity (Wildman–Crippen MR) is 86.6 cm³/mol. The summed E-state index contributed by atoms with van der Waals surface area (Å²) in [6, 6.07) is 5.06. The number of carboxylic acids is 1. The molecule has 6 heteroatoms. The summed E-state index contributed by atoms with van der Waals surface area (Å²) in [5.74, 6) is -0.878. The lowest BCUT2D eigenvalue weighted by atomic mass is 9.81. The Morgan fingerprint density at radius 1 is 1.23 bits per heavy atom. The molecule has 1 amide bonds. The van der Waals surface area contributed by atoms with Gasteiger partial charge in [-0.05, 0) is 38.5 Å². The summed E-state index contributed by atoms with van der Waals surface area (Å²) in [6.45, 7) is 8.96. The Labute approximate surface area is 135 Å². The molecule has 2 N–H and O–H groups in total. The number of carbonyl (C=O) groups is 2. The molecule has 22 heavy (non-hydrogen) atoms. The predicted octanol–water partition coefficient (Wildman–Crippen LogP) is 4.44. The standard InChI is InChI=1S/C16H22ClNO4/c1-15(2,3)22-14(21)18-12-7-6-10(8-11(12)17)16(4,5)9-13(19)20/h6-8H,9H2,1-5H3,(H,18,21)(H,19,20). The maximum absolute atomic E-state index is 11.7. The van der Waals surface area contributed by atoms with Crippen LogP contribution < -0.4 is 5.32 Å². The van der Waals surface area contributed by atoms with Crippen molar-refractivity contribution in [2.75, 3.05) is 5.32 Å². The Hall–Kier alpha value is -1.75. The number of aliphatic carboxylic acids is 1. The zero-order valence-electron chi connectivity index (χ0n) is 13.5. The Bertz CT molecular complexity index is 576. The monoisotopic (exact) mass is 327 g/mol. The fraction of sp³-hybridized carbons (Fsp3) is 0.500. The molecule has 5 nitrogen and oxygen atoms in total. The molecule has 0 unspecified atom stereocenters. The van der Waals surface area contributed by atoms with Gasteiger partial charge in [0.05, 0.1) is 17.1 Å². The van der Waals surface area contributed by atoms with Gasteiger partial charge in [-0.1, -0.05) is 31.5 Å². The highest BCUT2D eigenvalue weighted by Crippen LogP contribution is 2.32. The van der Waals surface area contributed by atoms with Gasteiger partial charge in [0.15, 0.2) is 0 Å². The van der Waals surface area contributed by atoms with E-state index in [9.17, 15) is 9.59 Å². The van der Waals surface area contributed by atoms with Crippen LogP contribution in [-0.2, 0) is 14.9 Å². The molecule has 0 aliphatic heterocycles. The second-order valence-corrected chi connectivity index (χ2v) is 7.18. The quantitative estimate of drug-likeness (QED) is 0.857. The number of rotatable bonds is 4. The Balaban J connectivity index is 2.91. The number of halogens is 1. The molecule has 0 aromatic heterocycles. The minimum Gasteiger partial charge on any atom is -0.481 e. The third-order valence-electron chi connectivity index (χ3n) is 2.98. The largest absolute Gasteiger partial charge is 0.481 e. The number of nitrogens with one attached hydrogen (secondary N) is 1. The summed E-state index contributed by atoms with van der Waals surface area (Å²) in [6.07, 6.45) is -0.603. The smallest absolute Gasteiger partial charge is 0.412 e. The van der Waals surface area contributed by atoms with Crippen molar-refractivity contribution in [3.05, 3.63) is 28.8 Å².